The van der Waals surface area contributed by atoms with Crippen LogP contribution in [0.1, 0.15) is 6.92 Å². The third-order valence-corrected chi connectivity index (χ3v) is 1.90. The van der Waals surface area contributed by atoms with Crippen molar-refractivity contribution < 1.29 is 24.4 Å². The summed E-state index contributed by atoms with van der Waals surface area (Å²) in [6.45, 7) is 0.524. The van der Waals surface area contributed by atoms with Crippen LogP contribution in [0.2, 0.25) is 0 Å². The summed E-state index contributed by atoms with van der Waals surface area (Å²) in [5, 5.41) is 26.5. The van der Waals surface area contributed by atoms with E-state index in [1.165, 1.54) is 0 Å². The maximum atomic E-state index is 13.1. The van der Waals surface area contributed by atoms with E-state index in [0.29, 0.717) is 0 Å². The van der Waals surface area contributed by atoms with Gasteiger partial charge in [-0.3, -0.25) is 0 Å². The highest BCUT2D eigenvalue weighted by molar-refractivity contribution is 4.96. The smallest absolute Gasteiger partial charge is 0.192 e. The zero-order valence-electron chi connectivity index (χ0n) is 6.07. The molecule has 1 aliphatic heterocycles. The third-order valence-electron chi connectivity index (χ3n) is 1.90. The summed E-state index contributed by atoms with van der Waals surface area (Å²) in [4.78, 5) is 0. The summed E-state index contributed by atoms with van der Waals surface area (Å²) in [6, 6.07) is 0. The third kappa shape index (κ3) is 1.24. The second-order valence-corrected chi connectivity index (χ2v) is 2.81. The molecule has 0 spiro atoms. The molecule has 11 heavy (non-hydrogen) atoms. The van der Waals surface area contributed by atoms with E-state index in [2.05, 4.69) is 4.74 Å². The molecule has 0 aliphatic carbocycles. The van der Waals surface area contributed by atoms with Crippen LogP contribution in [0.4, 0.5) is 4.39 Å². The number of hydrogen-bond donors (Lipinski definition) is 3. The Morgan fingerprint density at radius 3 is 2.27 bits per heavy atom. The van der Waals surface area contributed by atoms with E-state index < -0.39 is 30.8 Å². The van der Waals surface area contributed by atoms with Gasteiger partial charge in [-0.1, -0.05) is 0 Å². The minimum atomic E-state index is -2.19. The highest BCUT2D eigenvalue weighted by Gasteiger charge is 2.53. The molecular weight excluding hydrogens is 155 g/mol. The largest absolute Gasteiger partial charge is 0.394 e. The first kappa shape index (κ1) is 8.86. The lowest BCUT2D eigenvalue weighted by molar-refractivity contribution is -0.143. The lowest BCUT2D eigenvalue weighted by atomic mass is 10.0. The van der Waals surface area contributed by atoms with Crippen molar-refractivity contribution in [2.24, 2.45) is 0 Å². The molecule has 66 valence electrons. The molecule has 1 heterocycles. The SMILES string of the molecule is C[C@]1(F)[C@H](O)O[C@H](CO)[C@H]1O. The van der Waals surface area contributed by atoms with Gasteiger partial charge in [-0.15, -0.1) is 0 Å². The van der Waals surface area contributed by atoms with Crippen LogP contribution in [0.25, 0.3) is 0 Å². The van der Waals surface area contributed by atoms with E-state index in [0.717, 1.165) is 6.92 Å². The first-order valence-electron chi connectivity index (χ1n) is 3.31. The van der Waals surface area contributed by atoms with Gasteiger partial charge in [-0.2, -0.15) is 0 Å². The second kappa shape index (κ2) is 2.67. The van der Waals surface area contributed by atoms with Crippen molar-refractivity contribution in [3.8, 4) is 0 Å². The standard InChI is InChI=1S/C6H11FO4/c1-6(7)4(9)3(2-8)11-5(6)10/h3-5,8-10H,2H2,1H3/t3-,4-,5-,6-/m1/s1. The molecule has 0 aromatic heterocycles. The van der Waals surface area contributed by atoms with Crippen molar-refractivity contribution in [2.75, 3.05) is 6.61 Å². The minimum absolute atomic E-state index is 0.502. The highest BCUT2D eigenvalue weighted by atomic mass is 19.1. The molecule has 1 aliphatic rings. The van der Waals surface area contributed by atoms with Crippen molar-refractivity contribution >= 4 is 0 Å². The van der Waals surface area contributed by atoms with Crippen molar-refractivity contribution in [1.29, 1.82) is 0 Å². The van der Waals surface area contributed by atoms with Crippen LogP contribution in [0.3, 0.4) is 0 Å². The summed E-state index contributed by atoms with van der Waals surface area (Å²) in [5.74, 6) is 0. The van der Waals surface area contributed by atoms with Crippen LogP contribution in [-0.2, 0) is 4.74 Å². The van der Waals surface area contributed by atoms with Crippen LogP contribution in [0, 0.1) is 0 Å². The fourth-order valence-electron chi connectivity index (χ4n) is 1.03. The summed E-state index contributed by atoms with van der Waals surface area (Å²) in [6.07, 6.45) is -4.16. The molecule has 0 saturated carbocycles. The number of aliphatic hydroxyl groups excluding tert-OH is 3. The zero-order valence-corrected chi connectivity index (χ0v) is 6.07. The number of hydrogen-bond acceptors (Lipinski definition) is 4. The fourth-order valence-corrected chi connectivity index (χ4v) is 1.03. The monoisotopic (exact) mass is 166 g/mol. The number of aliphatic hydroxyl groups is 3. The maximum absolute atomic E-state index is 13.1. The summed E-state index contributed by atoms with van der Waals surface area (Å²) in [5.41, 5.74) is -2.19. The average Bonchev–Trinajstić information content (AvgIpc) is 2.14. The molecule has 3 N–H and O–H groups in total. The van der Waals surface area contributed by atoms with Gasteiger partial charge in [-0.25, -0.2) is 4.39 Å². The second-order valence-electron chi connectivity index (χ2n) is 2.81. The molecule has 0 aromatic rings. The van der Waals surface area contributed by atoms with Gasteiger partial charge < -0.3 is 20.1 Å². The van der Waals surface area contributed by atoms with Gasteiger partial charge in [0, 0.05) is 0 Å². The molecule has 0 unspecified atom stereocenters. The van der Waals surface area contributed by atoms with E-state index in [9.17, 15) is 4.39 Å². The van der Waals surface area contributed by atoms with Gasteiger partial charge in [0.25, 0.3) is 0 Å². The number of ether oxygens (including phenoxy) is 1. The first-order chi connectivity index (χ1) is 5.00. The van der Waals surface area contributed by atoms with Crippen LogP contribution < -0.4 is 0 Å². The lowest BCUT2D eigenvalue weighted by Crippen LogP contribution is -2.41. The van der Waals surface area contributed by atoms with Gasteiger partial charge >= 0.3 is 0 Å². The van der Waals surface area contributed by atoms with Crippen molar-refractivity contribution in [1.82, 2.24) is 0 Å². The Bertz CT molecular complexity index is 150. The Hall–Kier alpha value is -0.230. The molecular formula is C6H11FO4. The highest BCUT2D eigenvalue weighted by Crippen LogP contribution is 2.32. The maximum Gasteiger partial charge on any atom is 0.192 e. The van der Waals surface area contributed by atoms with Gasteiger partial charge in [0.15, 0.2) is 12.0 Å². The van der Waals surface area contributed by atoms with Crippen LogP contribution in [0.15, 0.2) is 0 Å². The summed E-state index contributed by atoms with van der Waals surface area (Å²) in [7, 11) is 0. The molecule has 0 radical (unpaired) electrons. The topological polar surface area (TPSA) is 69.9 Å². The molecule has 1 fully saturated rings. The average molecular weight is 166 g/mol. The Morgan fingerprint density at radius 2 is 2.09 bits per heavy atom. The quantitative estimate of drug-likeness (QED) is 0.457. The molecule has 4 nitrogen and oxygen atoms in total. The zero-order chi connectivity index (χ0) is 8.65. The Labute approximate surface area is 63.2 Å². The van der Waals surface area contributed by atoms with Crippen LogP contribution >= 0.6 is 0 Å². The van der Waals surface area contributed by atoms with Crippen molar-refractivity contribution in [3.63, 3.8) is 0 Å². The lowest BCUT2D eigenvalue weighted by Gasteiger charge is -2.19. The Kier molecular flexibility index (Phi) is 2.15. The van der Waals surface area contributed by atoms with E-state index in [1.54, 1.807) is 0 Å². The molecule has 0 aromatic carbocycles. The van der Waals surface area contributed by atoms with Crippen LogP contribution in [0.5, 0.6) is 0 Å². The van der Waals surface area contributed by atoms with Gasteiger partial charge in [0.1, 0.15) is 12.2 Å². The molecule has 5 heteroatoms. The molecule has 1 rings (SSSR count). The fraction of sp³-hybridized carbons (Fsp3) is 1.00. The molecule has 1 saturated heterocycles. The van der Waals surface area contributed by atoms with Gasteiger partial charge in [0.2, 0.25) is 0 Å². The van der Waals surface area contributed by atoms with Crippen molar-refractivity contribution in [3.05, 3.63) is 0 Å². The van der Waals surface area contributed by atoms with E-state index >= 15 is 0 Å². The Morgan fingerprint density at radius 1 is 1.55 bits per heavy atom. The number of halogens is 1. The number of rotatable bonds is 1. The van der Waals surface area contributed by atoms with Crippen LogP contribution in [-0.4, -0.2) is 46.1 Å². The van der Waals surface area contributed by atoms with Gasteiger partial charge in [-0.05, 0) is 6.92 Å². The first-order valence-corrected chi connectivity index (χ1v) is 3.31. The molecule has 0 bridgehead atoms. The predicted molar refractivity (Wildman–Crippen MR) is 33.5 cm³/mol. The summed E-state index contributed by atoms with van der Waals surface area (Å²) >= 11 is 0. The van der Waals surface area contributed by atoms with E-state index in [-0.39, 0.29) is 0 Å². The normalized spacial score (nSPS) is 51.5. The van der Waals surface area contributed by atoms with E-state index in [1.807, 2.05) is 0 Å². The van der Waals surface area contributed by atoms with Crippen molar-refractivity contribution in [2.45, 2.75) is 31.1 Å². The minimum Gasteiger partial charge on any atom is -0.394 e. The number of alkyl halides is 1. The molecule has 0 amide bonds. The molecule has 4 atom stereocenters. The van der Waals surface area contributed by atoms with E-state index in [4.69, 9.17) is 15.3 Å². The van der Waals surface area contributed by atoms with Gasteiger partial charge in [0.05, 0.1) is 6.61 Å². The summed E-state index contributed by atoms with van der Waals surface area (Å²) < 4.78 is 17.6. The Balaban J connectivity index is 2.71. The predicted octanol–water partition coefficient (Wildman–Crippen LogP) is -1.22.